The lowest BCUT2D eigenvalue weighted by Crippen LogP contribution is -2.15. The number of hydrogen-bond acceptors (Lipinski definition) is 3. The highest BCUT2D eigenvalue weighted by Crippen LogP contribution is 2.33. The molecule has 0 aliphatic carbocycles. The Bertz CT molecular complexity index is 565. The van der Waals surface area contributed by atoms with Crippen molar-refractivity contribution in [2.45, 2.75) is 40.0 Å². The molecule has 19 heavy (non-hydrogen) atoms. The van der Waals surface area contributed by atoms with Gasteiger partial charge in [0, 0.05) is 27.1 Å². The number of ether oxygens (including phenoxy) is 1. The van der Waals surface area contributed by atoms with Gasteiger partial charge in [-0.25, -0.2) is 4.39 Å². The maximum atomic E-state index is 14.0. The number of hydrogen-bond donors (Lipinski definition) is 1. The van der Waals surface area contributed by atoms with Crippen molar-refractivity contribution in [1.29, 1.82) is 0 Å². The van der Waals surface area contributed by atoms with Gasteiger partial charge in [-0.15, -0.1) is 11.3 Å². The second-order valence-corrected chi connectivity index (χ2v) is 6.22. The van der Waals surface area contributed by atoms with Crippen LogP contribution in [0.5, 0.6) is 0 Å². The minimum atomic E-state index is -0.191. The molecule has 1 aromatic carbocycles. The van der Waals surface area contributed by atoms with Crippen LogP contribution in [0.25, 0.3) is 10.1 Å². The van der Waals surface area contributed by atoms with Crippen LogP contribution in [-0.2, 0) is 17.9 Å². The molecule has 1 heterocycles. The van der Waals surface area contributed by atoms with Gasteiger partial charge in [0.05, 0.1) is 12.7 Å². The monoisotopic (exact) mass is 281 g/mol. The topological polar surface area (TPSA) is 35.2 Å². The summed E-state index contributed by atoms with van der Waals surface area (Å²) in [5.74, 6) is 0.250. The van der Waals surface area contributed by atoms with Crippen LogP contribution >= 0.6 is 11.3 Å². The summed E-state index contributed by atoms with van der Waals surface area (Å²) in [7, 11) is 0. The van der Waals surface area contributed by atoms with Gasteiger partial charge >= 0.3 is 0 Å². The standard InChI is InChI=1S/C15H20FNOS/c1-9(2)10(3)18-8-11-14(7-17)19-13-6-4-5-12(16)15(11)13/h4-6,9-10H,7-8,17H2,1-3H3. The molecule has 0 saturated heterocycles. The SMILES string of the molecule is CC(C)C(C)OCc1c(CN)sc2cccc(F)c12. The van der Waals surface area contributed by atoms with Gasteiger partial charge < -0.3 is 10.5 Å². The van der Waals surface area contributed by atoms with Crippen molar-refractivity contribution in [2.75, 3.05) is 0 Å². The molecule has 2 nitrogen and oxygen atoms in total. The van der Waals surface area contributed by atoms with Crippen molar-refractivity contribution in [3.8, 4) is 0 Å². The van der Waals surface area contributed by atoms with Crippen LogP contribution in [0.15, 0.2) is 18.2 Å². The zero-order valence-corrected chi connectivity index (χ0v) is 12.4. The van der Waals surface area contributed by atoms with E-state index in [1.165, 1.54) is 6.07 Å². The van der Waals surface area contributed by atoms with E-state index in [9.17, 15) is 4.39 Å². The maximum absolute atomic E-state index is 14.0. The summed E-state index contributed by atoms with van der Waals surface area (Å²) in [5, 5.41) is 0.670. The first-order valence-corrected chi connectivity index (χ1v) is 7.36. The largest absolute Gasteiger partial charge is 0.373 e. The van der Waals surface area contributed by atoms with E-state index in [-0.39, 0.29) is 11.9 Å². The zero-order chi connectivity index (χ0) is 14.0. The van der Waals surface area contributed by atoms with Gasteiger partial charge in [0.2, 0.25) is 0 Å². The number of rotatable bonds is 5. The Morgan fingerprint density at radius 1 is 1.32 bits per heavy atom. The van der Waals surface area contributed by atoms with Crippen molar-refractivity contribution < 1.29 is 9.13 Å². The summed E-state index contributed by atoms with van der Waals surface area (Å²) in [5.41, 5.74) is 6.67. The second-order valence-electron chi connectivity index (χ2n) is 5.08. The summed E-state index contributed by atoms with van der Waals surface area (Å²) in [6.45, 7) is 7.11. The van der Waals surface area contributed by atoms with Gasteiger partial charge in [-0.05, 0) is 25.0 Å². The van der Waals surface area contributed by atoms with Crippen LogP contribution in [0.1, 0.15) is 31.2 Å². The van der Waals surface area contributed by atoms with Crippen molar-refractivity contribution in [3.05, 3.63) is 34.5 Å². The normalized spacial score (nSPS) is 13.4. The number of nitrogens with two attached hydrogens (primary N) is 1. The van der Waals surface area contributed by atoms with Crippen LogP contribution in [0, 0.1) is 11.7 Å². The summed E-state index contributed by atoms with van der Waals surface area (Å²) < 4.78 is 20.8. The molecule has 2 aromatic rings. The fourth-order valence-electron chi connectivity index (χ4n) is 1.94. The first-order valence-electron chi connectivity index (χ1n) is 6.55. The second kappa shape index (κ2) is 5.99. The maximum Gasteiger partial charge on any atom is 0.132 e. The lowest BCUT2D eigenvalue weighted by atomic mass is 10.1. The Labute approximate surface area is 117 Å². The van der Waals surface area contributed by atoms with Crippen LogP contribution in [0.3, 0.4) is 0 Å². The Morgan fingerprint density at radius 3 is 2.68 bits per heavy atom. The van der Waals surface area contributed by atoms with Crippen LogP contribution in [0.2, 0.25) is 0 Å². The molecule has 0 spiro atoms. The smallest absolute Gasteiger partial charge is 0.132 e. The predicted molar refractivity (Wildman–Crippen MR) is 78.8 cm³/mol. The third-order valence-electron chi connectivity index (χ3n) is 3.46. The minimum absolute atomic E-state index is 0.146. The van der Waals surface area contributed by atoms with Crippen molar-refractivity contribution >= 4 is 21.4 Å². The van der Waals surface area contributed by atoms with E-state index in [1.807, 2.05) is 13.0 Å². The zero-order valence-electron chi connectivity index (χ0n) is 11.6. The van der Waals surface area contributed by atoms with E-state index in [2.05, 4.69) is 13.8 Å². The Morgan fingerprint density at radius 2 is 2.05 bits per heavy atom. The van der Waals surface area contributed by atoms with Gasteiger partial charge in [0.25, 0.3) is 0 Å². The fourth-order valence-corrected chi connectivity index (χ4v) is 3.04. The number of fused-ring (bicyclic) bond motifs is 1. The molecule has 0 bridgehead atoms. The summed E-state index contributed by atoms with van der Waals surface area (Å²) >= 11 is 1.55. The van der Waals surface area contributed by atoms with Crippen LogP contribution < -0.4 is 5.73 Å². The van der Waals surface area contributed by atoms with Crippen LogP contribution in [-0.4, -0.2) is 6.10 Å². The molecule has 2 rings (SSSR count). The molecule has 0 aliphatic heterocycles. The molecule has 0 radical (unpaired) electrons. The van der Waals surface area contributed by atoms with Crippen molar-refractivity contribution in [3.63, 3.8) is 0 Å². The first-order chi connectivity index (χ1) is 9.04. The molecule has 0 aliphatic rings. The highest BCUT2D eigenvalue weighted by molar-refractivity contribution is 7.19. The molecule has 0 amide bonds. The van der Waals surface area contributed by atoms with E-state index in [1.54, 1.807) is 17.4 Å². The number of thiophene rings is 1. The first kappa shape index (κ1) is 14.4. The minimum Gasteiger partial charge on any atom is -0.373 e. The fraction of sp³-hybridized carbons (Fsp3) is 0.467. The van der Waals surface area contributed by atoms with Gasteiger partial charge in [-0.3, -0.25) is 0 Å². The predicted octanol–water partition coefficient (Wildman–Crippen LogP) is 4.06. The summed E-state index contributed by atoms with van der Waals surface area (Å²) in [6.07, 6.45) is 0.146. The Balaban J connectivity index is 2.35. The van der Waals surface area contributed by atoms with E-state index in [4.69, 9.17) is 10.5 Å². The molecule has 0 fully saturated rings. The average molecular weight is 281 g/mol. The molecule has 2 N–H and O–H groups in total. The van der Waals surface area contributed by atoms with E-state index < -0.39 is 0 Å². The van der Waals surface area contributed by atoms with E-state index in [0.29, 0.717) is 24.5 Å². The Kier molecular flexibility index (Phi) is 4.55. The molecule has 104 valence electrons. The lowest BCUT2D eigenvalue weighted by molar-refractivity contribution is 0.0238. The third-order valence-corrected chi connectivity index (χ3v) is 4.68. The highest BCUT2D eigenvalue weighted by Gasteiger charge is 2.16. The van der Waals surface area contributed by atoms with Gasteiger partial charge in [-0.1, -0.05) is 19.9 Å². The molecule has 1 unspecified atom stereocenters. The lowest BCUT2D eigenvalue weighted by Gasteiger charge is -2.17. The average Bonchev–Trinajstić information content (AvgIpc) is 2.75. The van der Waals surface area contributed by atoms with Crippen molar-refractivity contribution in [2.24, 2.45) is 11.7 Å². The summed E-state index contributed by atoms with van der Waals surface area (Å²) in [4.78, 5) is 1.01. The van der Waals surface area contributed by atoms with E-state index in [0.717, 1.165) is 15.1 Å². The molecule has 1 aromatic heterocycles. The van der Waals surface area contributed by atoms with E-state index >= 15 is 0 Å². The number of halogens is 1. The highest BCUT2D eigenvalue weighted by atomic mass is 32.1. The third kappa shape index (κ3) is 2.96. The quantitative estimate of drug-likeness (QED) is 0.897. The molecule has 4 heteroatoms. The van der Waals surface area contributed by atoms with Gasteiger partial charge in [0.1, 0.15) is 5.82 Å². The van der Waals surface area contributed by atoms with Crippen LogP contribution in [0.4, 0.5) is 4.39 Å². The molecular formula is C15H20FNOS. The number of benzene rings is 1. The van der Waals surface area contributed by atoms with Gasteiger partial charge in [-0.2, -0.15) is 0 Å². The van der Waals surface area contributed by atoms with Crippen molar-refractivity contribution in [1.82, 2.24) is 0 Å². The van der Waals surface area contributed by atoms with Gasteiger partial charge in [0.15, 0.2) is 0 Å². The summed E-state index contributed by atoms with van der Waals surface area (Å²) in [6, 6.07) is 5.15. The molecular weight excluding hydrogens is 261 g/mol. The molecule has 0 saturated carbocycles. The molecule has 1 atom stereocenters. The Hall–Kier alpha value is -0.970.